The van der Waals surface area contributed by atoms with Crippen molar-refractivity contribution in [1.29, 1.82) is 0 Å². The highest BCUT2D eigenvalue weighted by molar-refractivity contribution is 5.28. The topological polar surface area (TPSA) is 21.3 Å². The molecule has 1 N–H and O–H groups in total. The molecule has 100 valence electrons. The third-order valence-corrected chi connectivity index (χ3v) is 3.71. The highest BCUT2D eigenvalue weighted by Crippen LogP contribution is 2.50. The predicted molar refractivity (Wildman–Crippen MR) is 75.8 cm³/mol. The average Bonchev–Trinajstić information content (AvgIpc) is 2.86. The van der Waals surface area contributed by atoms with E-state index in [2.05, 4.69) is 51.2 Å². The lowest BCUT2D eigenvalue weighted by Crippen LogP contribution is -2.18. The van der Waals surface area contributed by atoms with Crippen LogP contribution in [0.5, 0.6) is 5.75 Å². The van der Waals surface area contributed by atoms with Crippen LogP contribution in [-0.4, -0.2) is 12.6 Å². The van der Waals surface area contributed by atoms with Crippen molar-refractivity contribution in [2.24, 2.45) is 11.3 Å². The minimum atomic E-state index is 0.237. The van der Waals surface area contributed by atoms with Gasteiger partial charge in [0.2, 0.25) is 0 Å². The first-order chi connectivity index (χ1) is 8.47. The van der Waals surface area contributed by atoms with Gasteiger partial charge in [0.1, 0.15) is 5.75 Å². The smallest absolute Gasteiger partial charge is 0.120 e. The van der Waals surface area contributed by atoms with Crippen molar-refractivity contribution < 1.29 is 4.74 Å². The van der Waals surface area contributed by atoms with Crippen LogP contribution in [-0.2, 0) is 6.54 Å². The Labute approximate surface area is 111 Å². The monoisotopic (exact) mass is 247 g/mol. The molecule has 1 unspecified atom stereocenters. The van der Waals surface area contributed by atoms with Crippen LogP contribution in [0.3, 0.4) is 0 Å². The summed E-state index contributed by atoms with van der Waals surface area (Å²) in [5.74, 6) is 1.82. The summed E-state index contributed by atoms with van der Waals surface area (Å²) in [7, 11) is 0. The van der Waals surface area contributed by atoms with Gasteiger partial charge >= 0.3 is 0 Å². The Morgan fingerprint density at radius 2 is 2.11 bits per heavy atom. The van der Waals surface area contributed by atoms with Crippen LogP contribution in [0.4, 0.5) is 0 Å². The molecular weight excluding hydrogens is 222 g/mol. The van der Waals surface area contributed by atoms with Crippen molar-refractivity contribution in [2.45, 2.75) is 46.8 Å². The van der Waals surface area contributed by atoms with Crippen molar-refractivity contribution >= 4 is 0 Å². The van der Waals surface area contributed by atoms with Crippen molar-refractivity contribution in [3.05, 3.63) is 29.8 Å². The molecule has 1 saturated carbocycles. The Bertz CT molecular complexity index is 398. The van der Waals surface area contributed by atoms with E-state index in [4.69, 9.17) is 4.74 Å². The van der Waals surface area contributed by atoms with Gasteiger partial charge in [-0.1, -0.05) is 26.0 Å². The maximum absolute atomic E-state index is 5.70. The molecule has 0 aliphatic heterocycles. The van der Waals surface area contributed by atoms with Gasteiger partial charge in [-0.2, -0.15) is 0 Å². The van der Waals surface area contributed by atoms with Crippen molar-refractivity contribution in [3.8, 4) is 5.75 Å². The molecule has 0 heterocycles. The van der Waals surface area contributed by atoms with Crippen LogP contribution in [0.25, 0.3) is 0 Å². The molecule has 1 aromatic carbocycles. The molecule has 1 aliphatic rings. The van der Waals surface area contributed by atoms with E-state index in [-0.39, 0.29) is 6.10 Å². The standard InChI is InChI=1S/C16H25NO/c1-12(2)18-15-7-5-6-13(8-15)10-17-11-14-9-16(14,3)4/h5-8,12,14,17H,9-11H2,1-4H3. The lowest BCUT2D eigenvalue weighted by molar-refractivity contribution is 0.242. The first kappa shape index (κ1) is 13.4. The fourth-order valence-electron chi connectivity index (χ4n) is 2.32. The number of rotatable bonds is 6. The van der Waals surface area contributed by atoms with Crippen LogP contribution < -0.4 is 10.1 Å². The van der Waals surface area contributed by atoms with Gasteiger partial charge in [0.15, 0.2) is 0 Å². The number of hydrogen-bond acceptors (Lipinski definition) is 2. The fraction of sp³-hybridized carbons (Fsp3) is 0.625. The normalized spacial score (nSPS) is 21.1. The summed E-state index contributed by atoms with van der Waals surface area (Å²) in [6.07, 6.45) is 1.59. The summed E-state index contributed by atoms with van der Waals surface area (Å²) in [5.41, 5.74) is 1.86. The molecule has 0 bridgehead atoms. The van der Waals surface area contributed by atoms with Crippen molar-refractivity contribution in [2.75, 3.05) is 6.54 Å². The Morgan fingerprint density at radius 1 is 1.39 bits per heavy atom. The Morgan fingerprint density at radius 3 is 2.72 bits per heavy atom. The molecule has 18 heavy (non-hydrogen) atoms. The zero-order valence-corrected chi connectivity index (χ0v) is 12.0. The molecule has 0 amide bonds. The molecular formula is C16H25NO. The van der Waals surface area contributed by atoms with E-state index in [0.29, 0.717) is 5.41 Å². The summed E-state index contributed by atoms with van der Waals surface area (Å²) in [6.45, 7) is 10.9. The van der Waals surface area contributed by atoms with E-state index in [1.807, 2.05) is 6.07 Å². The molecule has 1 fully saturated rings. The number of nitrogens with one attached hydrogen (secondary N) is 1. The van der Waals surface area contributed by atoms with Gasteiger partial charge in [-0.05, 0) is 55.8 Å². The maximum Gasteiger partial charge on any atom is 0.120 e. The summed E-state index contributed by atoms with van der Waals surface area (Å²) in [6, 6.07) is 8.37. The molecule has 0 spiro atoms. The van der Waals surface area contributed by atoms with Crippen LogP contribution in [0.1, 0.15) is 39.7 Å². The summed E-state index contributed by atoms with van der Waals surface area (Å²) < 4.78 is 5.70. The van der Waals surface area contributed by atoms with Gasteiger partial charge in [-0.25, -0.2) is 0 Å². The first-order valence-electron chi connectivity index (χ1n) is 6.94. The quantitative estimate of drug-likeness (QED) is 0.829. The van der Waals surface area contributed by atoms with Crippen molar-refractivity contribution in [3.63, 3.8) is 0 Å². The molecule has 2 rings (SSSR count). The SMILES string of the molecule is CC(C)Oc1cccc(CNCC2CC2(C)C)c1. The third-order valence-electron chi connectivity index (χ3n) is 3.71. The zero-order chi connectivity index (χ0) is 13.2. The Kier molecular flexibility index (Phi) is 3.96. The second-order valence-corrected chi connectivity index (χ2v) is 6.33. The van der Waals surface area contributed by atoms with Crippen molar-refractivity contribution in [1.82, 2.24) is 5.32 Å². The third kappa shape index (κ3) is 3.74. The minimum Gasteiger partial charge on any atom is -0.491 e. The fourth-order valence-corrected chi connectivity index (χ4v) is 2.32. The Balaban J connectivity index is 1.78. The largest absolute Gasteiger partial charge is 0.491 e. The van der Waals surface area contributed by atoms with Gasteiger partial charge in [0.05, 0.1) is 6.10 Å². The van der Waals surface area contributed by atoms with Gasteiger partial charge in [-0.3, -0.25) is 0 Å². The molecule has 0 saturated heterocycles. The molecule has 0 aromatic heterocycles. The minimum absolute atomic E-state index is 0.237. The average molecular weight is 247 g/mol. The van der Waals surface area contributed by atoms with Crippen LogP contribution in [0, 0.1) is 11.3 Å². The van der Waals surface area contributed by atoms with Gasteiger partial charge in [-0.15, -0.1) is 0 Å². The van der Waals surface area contributed by atoms with Gasteiger partial charge in [0.25, 0.3) is 0 Å². The van der Waals surface area contributed by atoms with Gasteiger partial charge < -0.3 is 10.1 Å². The predicted octanol–water partition coefficient (Wildman–Crippen LogP) is 3.61. The number of benzene rings is 1. The van der Waals surface area contributed by atoms with Gasteiger partial charge in [0, 0.05) is 6.54 Å². The lowest BCUT2D eigenvalue weighted by atomic mass is 10.1. The highest BCUT2D eigenvalue weighted by atomic mass is 16.5. The lowest BCUT2D eigenvalue weighted by Gasteiger charge is -2.11. The van der Waals surface area contributed by atoms with E-state index < -0.39 is 0 Å². The van der Waals surface area contributed by atoms with Crippen LogP contribution in [0.15, 0.2) is 24.3 Å². The zero-order valence-electron chi connectivity index (χ0n) is 12.0. The molecule has 1 atom stereocenters. The number of ether oxygens (including phenoxy) is 1. The molecule has 2 heteroatoms. The summed E-state index contributed by atoms with van der Waals surface area (Å²) in [5, 5.41) is 3.54. The van der Waals surface area contributed by atoms with E-state index in [1.165, 1.54) is 12.0 Å². The molecule has 2 nitrogen and oxygen atoms in total. The molecule has 1 aromatic rings. The second-order valence-electron chi connectivity index (χ2n) is 6.33. The van der Waals surface area contributed by atoms with E-state index in [1.54, 1.807) is 0 Å². The highest BCUT2D eigenvalue weighted by Gasteiger charge is 2.44. The van der Waals surface area contributed by atoms with E-state index in [9.17, 15) is 0 Å². The maximum atomic E-state index is 5.70. The van der Waals surface area contributed by atoms with E-state index >= 15 is 0 Å². The first-order valence-corrected chi connectivity index (χ1v) is 6.94. The van der Waals surface area contributed by atoms with E-state index in [0.717, 1.165) is 24.8 Å². The van der Waals surface area contributed by atoms with Crippen LogP contribution in [0.2, 0.25) is 0 Å². The number of hydrogen-bond donors (Lipinski definition) is 1. The summed E-state index contributed by atoms with van der Waals surface area (Å²) >= 11 is 0. The Hall–Kier alpha value is -1.02. The molecule has 0 radical (unpaired) electrons. The summed E-state index contributed by atoms with van der Waals surface area (Å²) in [4.78, 5) is 0. The molecule has 1 aliphatic carbocycles. The second kappa shape index (κ2) is 5.31. The van der Waals surface area contributed by atoms with Crippen LogP contribution >= 0.6 is 0 Å².